The third-order valence-corrected chi connectivity index (χ3v) is 4.96. The van der Waals surface area contributed by atoms with Crippen LogP contribution in [0.3, 0.4) is 0 Å². The molecule has 1 atom stereocenters. The number of hydrogen-bond donors (Lipinski definition) is 1. The smallest absolute Gasteiger partial charge is 0.240 e. The van der Waals surface area contributed by atoms with Crippen molar-refractivity contribution in [2.75, 3.05) is 12.0 Å². The Bertz CT molecular complexity index is 850. The molecule has 1 unspecified atom stereocenters. The third-order valence-electron chi connectivity index (χ3n) is 4.32. The lowest BCUT2D eigenvalue weighted by Crippen LogP contribution is -2.33. The molecule has 0 aliphatic rings. The van der Waals surface area contributed by atoms with Crippen LogP contribution in [0.2, 0.25) is 0 Å². The molecule has 0 saturated carbocycles. The highest BCUT2D eigenvalue weighted by Gasteiger charge is 2.20. The van der Waals surface area contributed by atoms with E-state index in [4.69, 9.17) is 0 Å². The maximum Gasteiger partial charge on any atom is 0.240 e. The second kappa shape index (κ2) is 7.74. The van der Waals surface area contributed by atoms with Crippen LogP contribution in [0.1, 0.15) is 29.7 Å². The van der Waals surface area contributed by atoms with Crippen molar-refractivity contribution in [1.82, 2.24) is 24.5 Å². The first kappa shape index (κ1) is 17.5. The van der Waals surface area contributed by atoms with Gasteiger partial charge in [-0.1, -0.05) is 6.07 Å². The monoisotopic (exact) mass is 357 g/mol. The minimum Gasteiger partial charge on any atom is -0.344 e. The summed E-state index contributed by atoms with van der Waals surface area (Å²) in [6.45, 7) is 4.34. The Morgan fingerprint density at radius 3 is 2.68 bits per heavy atom. The van der Waals surface area contributed by atoms with Gasteiger partial charge in [-0.25, -0.2) is 0 Å². The normalized spacial score (nSPS) is 12.4. The first-order valence-electron chi connectivity index (χ1n) is 8.31. The maximum atomic E-state index is 12.6. The maximum absolute atomic E-state index is 12.6. The Hall–Kier alpha value is -2.28. The van der Waals surface area contributed by atoms with E-state index in [1.807, 2.05) is 59.3 Å². The van der Waals surface area contributed by atoms with Crippen molar-refractivity contribution in [1.29, 1.82) is 0 Å². The molecule has 0 bridgehead atoms. The standard InChI is InChI=1S/C18H23N5OS/c1-13-7-8-14(2)23(13)12-17(24)19-15(9-11-25-3)18-21-20-16-6-4-5-10-22(16)18/h4-8,10,15H,9,11-12H2,1-3H3,(H,19,24). The van der Waals surface area contributed by atoms with E-state index >= 15 is 0 Å². The predicted molar refractivity (Wildman–Crippen MR) is 101 cm³/mol. The van der Waals surface area contributed by atoms with Crippen LogP contribution in [0.25, 0.3) is 5.65 Å². The molecule has 3 rings (SSSR count). The molecule has 0 aliphatic carbocycles. The van der Waals surface area contributed by atoms with Crippen LogP contribution in [0.5, 0.6) is 0 Å². The molecule has 0 saturated heterocycles. The highest BCUT2D eigenvalue weighted by atomic mass is 32.2. The second-order valence-electron chi connectivity index (χ2n) is 6.09. The molecular weight excluding hydrogens is 334 g/mol. The number of aromatic nitrogens is 4. The van der Waals surface area contributed by atoms with Crippen LogP contribution in [-0.2, 0) is 11.3 Å². The molecule has 3 aromatic rings. The molecule has 0 fully saturated rings. The number of amides is 1. The summed E-state index contributed by atoms with van der Waals surface area (Å²) in [4.78, 5) is 12.6. The van der Waals surface area contributed by atoms with Gasteiger partial charge in [-0.05, 0) is 56.5 Å². The summed E-state index contributed by atoms with van der Waals surface area (Å²) in [6.07, 6.45) is 4.81. The number of hydrogen-bond acceptors (Lipinski definition) is 4. The number of carbonyl (C=O) groups excluding carboxylic acids is 1. The van der Waals surface area contributed by atoms with E-state index < -0.39 is 0 Å². The molecule has 132 valence electrons. The summed E-state index contributed by atoms with van der Waals surface area (Å²) >= 11 is 1.76. The van der Waals surface area contributed by atoms with Crippen molar-refractivity contribution in [2.24, 2.45) is 0 Å². The zero-order valence-electron chi connectivity index (χ0n) is 14.8. The van der Waals surface area contributed by atoms with E-state index in [2.05, 4.69) is 21.8 Å². The van der Waals surface area contributed by atoms with Gasteiger partial charge in [0.15, 0.2) is 11.5 Å². The van der Waals surface area contributed by atoms with E-state index in [9.17, 15) is 4.79 Å². The number of nitrogens with zero attached hydrogens (tertiary/aromatic N) is 4. The zero-order valence-corrected chi connectivity index (χ0v) is 15.6. The van der Waals surface area contributed by atoms with Gasteiger partial charge in [0.2, 0.25) is 5.91 Å². The molecule has 0 spiro atoms. The van der Waals surface area contributed by atoms with Crippen molar-refractivity contribution >= 4 is 23.3 Å². The van der Waals surface area contributed by atoms with Gasteiger partial charge in [0, 0.05) is 17.6 Å². The minimum atomic E-state index is -0.159. The lowest BCUT2D eigenvalue weighted by Gasteiger charge is -2.18. The van der Waals surface area contributed by atoms with Gasteiger partial charge in [0.25, 0.3) is 0 Å². The lowest BCUT2D eigenvalue weighted by molar-refractivity contribution is -0.122. The minimum absolute atomic E-state index is 0.0128. The Balaban J connectivity index is 1.80. The highest BCUT2D eigenvalue weighted by molar-refractivity contribution is 7.98. The summed E-state index contributed by atoms with van der Waals surface area (Å²) < 4.78 is 3.96. The van der Waals surface area contributed by atoms with Gasteiger partial charge < -0.3 is 9.88 Å². The van der Waals surface area contributed by atoms with Crippen LogP contribution in [0, 0.1) is 13.8 Å². The van der Waals surface area contributed by atoms with Crippen molar-refractivity contribution in [3.05, 3.63) is 53.7 Å². The van der Waals surface area contributed by atoms with Crippen LogP contribution in [0.15, 0.2) is 36.5 Å². The molecule has 1 N–H and O–H groups in total. The summed E-state index contributed by atoms with van der Waals surface area (Å²) in [5.41, 5.74) is 2.96. The van der Waals surface area contributed by atoms with Crippen molar-refractivity contribution < 1.29 is 4.79 Å². The average Bonchev–Trinajstić information content (AvgIpc) is 3.17. The van der Waals surface area contributed by atoms with Crippen LogP contribution < -0.4 is 5.32 Å². The molecule has 0 radical (unpaired) electrons. The fraction of sp³-hybridized carbons (Fsp3) is 0.389. The number of pyridine rings is 1. The molecule has 1 amide bonds. The Morgan fingerprint density at radius 2 is 1.96 bits per heavy atom. The fourth-order valence-corrected chi connectivity index (χ4v) is 3.40. The summed E-state index contributed by atoms with van der Waals surface area (Å²) in [7, 11) is 0. The van der Waals surface area contributed by atoms with Gasteiger partial charge in [-0.2, -0.15) is 11.8 Å². The number of aryl methyl sites for hydroxylation is 2. The summed E-state index contributed by atoms with van der Waals surface area (Å²) in [5, 5.41) is 11.7. The largest absolute Gasteiger partial charge is 0.344 e. The molecular formula is C18H23N5OS. The number of carbonyl (C=O) groups is 1. The van der Waals surface area contributed by atoms with Crippen LogP contribution in [-0.4, -0.2) is 37.1 Å². The topological polar surface area (TPSA) is 64.2 Å². The Labute approximate surface area is 151 Å². The van der Waals surface area contributed by atoms with Crippen LogP contribution >= 0.6 is 11.8 Å². The van der Waals surface area contributed by atoms with E-state index in [0.717, 1.165) is 35.0 Å². The van der Waals surface area contributed by atoms with E-state index in [0.29, 0.717) is 6.54 Å². The molecule has 3 aromatic heterocycles. The Kier molecular flexibility index (Phi) is 5.43. The molecule has 3 heterocycles. The number of rotatable bonds is 7. The van der Waals surface area contributed by atoms with Gasteiger partial charge in [-0.3, -0.25) is 9.20 Å². The molecule has 6 nitrogen and oxygen atoms in total. The number of thioether (sulfide) groups is 1. The molecule has 0 aliphatic heterocycles. The first-order valence-corrected chi connectivity index (χ1v) is 9.70. The molecule has 25 heavy (non-hydrogen) atoms. The van der Waals surface area contributed by atoms with Gasteiger partial charge in [0.05, 0.1) is 6.04 Å². The first-order chi connectivity index (χ1) is 12.1. The predicted octanol–water partition coefficient (Wildman–Crippen LogP) is 2.76. The fourth-order valence-electron chi connectivity index (χ4n) is 2.93. The summed E-state index contributed by atoms with van der Waals surface area (Å²) in [6, 6.07) is 9.69. The van der Waals surface area contributed by atoms with Gasteiger partial charge in [0.1, 0.15) is 6.54 Å². The summed E-state index contributed by atoms with van der Waals surface area (Å²) in [5.74, 6) is 1.70. The lowest BCUT2D eigenvalue weighted by atomic mass is 10.2. The van der Waals surface area contributed by atoms with Gasteiger partial charge in [-0.15, -0.1) is 10.2 Å². The highest BCUT2D eigenvalue weighted by Crippen LogP contribution is 2.18. The SMILES string of the molecule is CSCCC(NC(=O)Cn1c(C)ccc1C)c1nnc2ccccn12. The molecule has 7 heteroatoms. The van der Waals surface area contributed by atoms with Crippen molar-refractivity contribution in [2.45, 2.75) is 32.9 Å². The van der Waals surface area contributed by atoms with E-state index in [-0.39, 0.29) is 11.9 Å². The van der Waals surface area contributed by atoms with E-state index in [1.165, 1.54) is 0 Å². The van der Waals surface area contributed by atoms with Crippen LogP contribution in [0.4, 0.5) is 0 Å². The zero-order chi connectivity index (χ0) is 17.8. The van der Waals surface area contributed by atoms with Crippen molar-refractivity contribution in [3.8, 4) is 0 Å². The number of fused-ring (bicyclic) bond motifs is 1. The average molecular weight is 357 g/mol. The Morgan fingerprint density at radius 1 is 1.20 bits per heavy atom. The number of nitrogens with one attached hydrogen (secondary N) is 1. The third kappa shape index (κ3) is 3.87. The van der Waals surface area contributed by atoms with E-state index in [1.54, 1.807) is 11.8 Å². The van der Waals surface area contributed by atoms with Gasteiger partial charge >= 0.3 is 0 Å². The second-order valence-corrected chi connectivity index (χ2v) is 7.08. The molecule has 0 aromatic carbocycles. The van der Waals surface area contributed by atoms with Crippen molar-refractivity contribution in [3.63, 3.8) is 0 Å². The quantitative estimate of drug-likeness (QED) is 0.706.